The zero-order valence-corrected chi connectivity index (χ0v) is 14.7. The van der Waals surface area contributed by atoms with Crippen molar-refractivity contribution in [3.05, 3.63) is 30.3 Å². The van der Waals surface area contributed by atoms with E-state index in [1.807, 2.05) is 6.07 Å². The minimum atomic E-state index is -0.938. The Morgan fingerprint density at radius 2 is 1.92 bits per heavy atom. The van der Waals surface area contributed by atoms with Gasteiger partial charge in [-0.2, -0.15) is 0 Å². The molecule has 1 saturated heterocycles. The van der Waals surface area contributed by atoms with Gasteiger partial charge in [-0.25, -0.2) is 4.79 Å². The molecule has 1 fully saturated rings. The normalized spacial score (nSPS) is 18.9. The van der Waals surface area contributed by atoms with Gasteiger partial charge in [-0.15, -0.1) is 0 Å². The molecule has 1 heterocycles. The zero-order valence-electron chi connectivity index (χ0n) is 14.7. The van der Waals surface area contributed by atoms with Crippen LogP contribution >= 0.6 is 0 Å². The van der Waals surface area contributed by atoms with Gasteiger partial charge >= 0.3 is 6.09 Å². The third-order valence-electron chi connectivity index (χ3n) is 4.31. The van der Waals surface area contributed by atoms with Gasteiger partial charge < -0.3 is 29.1 Å². The summed E-state index contributed by atoms with van der Waals surface area (Å²) in [5.41, 5.74) is 0. The van der Waals surface area contributed by atoms with Crippen molar-refractivity contribution in [2.75, 3.05) is 41.0 Å². The van der Waals surface area contributed by atoms with E-state index in [2.05, 4.69) is 0 Å². The minimum absolute atomic E-state index is 0.175. The first-order chi connectivity index (χ1) is 11.9. The molecule has 25 heavy (non-hydrogen) atoms. The number of ether oxygens (including phenoxy) is 3. The van der Waals surface area contributed by atoms with Crippen LogP contribution in [0.3, 0.4) is 0 Å². The fraction of sp³-hybridized carbons (Fsp3) is 0.529. The van der Waals surface area contributed by atoms with Gasteiger partial charge in [0.15, 0.2) is 5.79 Å². The van der Waals surface area contributed by atoms with Crippen molar-refractivity contribution >= 4 is 12.0 Å². The average molecular weight is 352 g/mol. The highest BCUT2D eigenvalue weighted by Gasteiger charge is 2.46. The molecular weight excluding hydrogens is 328 g/mol. The monoisotopic (exact) mass is 352 g/mol. The van der Waals surface area contributed by atoms with Crippen LogP contribution in [0, 0.1) is 0 Å². The molecule has 138 valence electrons. The van der Waals surface area contributed by atoms with Crippen molar-refractivity contribution in [1.82, 2.24) is 9.80 Å². The number of rotatable bonds is 6. The molecule has 1 atom stereocenters. The third-order valence-corrected chi connectivity index (χ3v) is 4.31. The Morgan fingerprint density at radius 1 is 1.28 bits per heavy atom. The van der Waals surface area contributed by atoms with Gasteiger partial charge in [0.1, 0.15) is 12.3 Å². The molecule has 1 aromatic carbocycles. The number of methoxy groups -OCH3 is 2. The molecule has 0 aromatic heterocycles. The smallest absolute Gasteiger partial charge is 0.410 e. The molecule has 0 saturated carbocycles. The summed E-state index contributed by atoms with van der Waals surface area (Å²) in [5.74, 6) is -0.854. The van der Waals surface area contributed by atoms with Crippen molar-refractivity contribution in [1.29, 1.82) is 0 Å². The molecule has 8 heteroatoms. The van der Waals surface area contributed by atoms with Gasteiger partial charge in [-0.3, -0.25) is 4.79 Å². The summed E-state index contributed by atoms with van der Waals surface area (Å²) >= 11 is 0. The van der Waals surface area contributed by atoms with E-state index >= 15 is 0 Å². The summed E-state index contributed by atoms with van der Waals surface area (Å²) in [7, 11) is 4.47. The molecule has 0 aliphatic carbocycles. The summed E-state index contributed by atoms with van der Waals surface area (Å²) in [4.78, 5) is 27.3. The molecule has 1 aliphatic rings. The molecule has 2 rings (SSSR count). The van der Waals surface area contributed by atoms with E-state index in [1.165, 1.54) is 31.1 Å². The standard InChI is InChI=1S/C17H24N2O6/c1-18(16(22)25-14-7-5-4-6-8-14)10-15(21)19-12-17(23-2,24-3)9-13(19)11-20/h4-8,13,20H,9-12H2,1-3H3/t13-/m1/s1. The lowest BCUT2D eigenvalue weighted by Gasteiger charge is -2.27. The van der Waals surface area contributed by atoms with Crippen LogP contribution in [0.2, 0.25) is 0 Å². The van der Waals surface area contributed by atoms with E-state index in [0.29, 0.717) is 12.2 Å². The number of carbonyl (C=O) groups is 2. The number of para-hydroxylation sites is 1. The van der Waals surface area contributed by atoms with Crippen LogP contribution in [0.25, 0.3) is 0 Å². The lowest BCUT2D eigenvalue weighted by atomic mass is 10.1. The second-order valence-corrected chi connectivity index (χ2v) is 5.92. The van der Waals surface area contributed by atoms with Gasteiger partial charge in [0, 0.05) is 27.7 Å². The molecule has 0 spiro atoms. The van der Waals surface area contributed by atoms with E-state index in [-0.39, 0.29) is 25.6 Å². The summed E-state index contributed by atoms with van der Waals surface area (Å²) in [6.07, 6.45) is -0.274. The Kier molecular flexibility index (Phi) is 6.35. The highest BCUT2D eigenvalue weighted by Crippen LogP contribution is 2.30. The maximum atomic E-state index is 12.6. The van der Waals surface area contributed by atoms with Crippen molar-refractivity contribution in [3.8, 4) is 5.75 Å². The van der Waals surface area contributed by atoms with Crippen molar-refractivity contribution in [2.24, 2.45) is 0 Å². The van der Waals surface area contributed by atoms with Crippen molar-refractivity contribution in [2.45, 2.75) is 18.2 Å². The molecule has 8 nitrogen and oxygen atoms in total. The minimum Gasteiger partial charge on any atom is -0.410 e. The van der Waals surface area contributed by atoms with Crippen LogP contribution in [-0.4, -0.2) is 79.7 Å². The van der Waals surface area contributed by atoms with E-state index in [9.17, 15) is 14.7 Å². The highest BCUT2D eigenvalue weighted by molar-refractivity contribution is 5.83. The number of benzene rings is 1. The van der Waals surface area contributed by atoms with Crippen LogP contribution in [0.4, 0.5) is 4.79 Å². The first-order valence-electron chi connectivity index (χ1n) is 7.93. The molecule has 1 aromatic rings. The number of aliphatic hydroxyl groups excluding tert-OH is 1. The maximum Gasteiger partial charge on any atom is 0.415 e. The van der Waals surface area contributed by atoms with Crippen LogP contribution in [-0.2, 0) is 14.3 Å². The molecule has 1 N–H and O–H groups in total. The van der Waals surface area contributed by atoms with Gasteiger partial charge in [-0.05, 0) is 12.1 Å². The van der Waals surface area contributed by atoms with Crippen LogP contribution in [0.15, 0.2) is 30.3 Å². The fourth-order valence-corrected chi connectivity index (χ4v) is 2.78. The van der Waals surface area contributed by atoms with Gasteiger partial charge in [0.05, 0.1) is 19.2 Å². The fourth-order valence-electron chi connectivity index (χ4n) is 2.78. The quantitative estimate of drug-likeness (QED) is 0.758. The summed E-state index contributed by atoms with van der Waals surface area (Å²) in [6, 6.07) is 8.19. The first kappa shape index (κ1) is 19.2. The number of amides is 2. The van der Waals surface area contributed by atoms with Crippen LogP contribution in [0.1, 0.15) is 6.42 Å². The van der Waals surface area contributed by atoms with Gasteiger partial charge in [0.2, 0.25) is 5.91 Å². The number of likely N-dealkylation sites (tertiary alicyclic amines) is 1. The lowest BCUT2D eigenvalue weighted by Crippen LogP contribution is -2.46. The highest BCUT2D eigenvalue weighted by atomic mass is 16.7. The van der Waals surface area contributed by atoms with Crippen molar-refractivity contribution < 1.29 is 28.9 Å². The summed E-state index contributed by atoms with van der Waals surface area (Å²) < 4.78 is 15.9. The average Bonchev–Trinajstić information content (AvgIpc) is 3.02. The number of nitrogens with zero attached hydrogens (tertiary/aromatic N) is 2. The second kappa shape index (κ2) is 8.28. The van der Waals surface area contributed by atoms with Crippen LogP contribution < -0.4 is 4.74 Å². The van der Waals surface area contributed by atoms with Crippen LogP contribution in [0.5, 0.6) is 5.75 Å². The molecule has 1 aliphatic heterocycles. The Morgan fingerprint density at radius 3 is 2.48 bits per heavy atom. The number of hydrogen-bond acceptors (Lipinski definition) is 6. The zero-order chi connectivity index (χ0) is 18.4. The Hall–Kier alpha value is -2.16. The number of hydrogen-bond donors (Lipinski definition) is 1. The summed E-state index contributed by atoms with van der Waals surface area (Å²) in [5, 5.41) is 9.54. The Bertz CT molecular complexity index is 590. The maximum absolute atomic E-state index is 12.6. The van der Waals surface area contributed by atoms with E-state index < -0.39 is 17.9 Å². The van der Waals surface area contributed by atoms with E-state index in [1.54, 1.807) is 24.3 Å². The Labute approximate surface area is 146 Å². The van der Waals surface area contributed by atoms with Crippen molar-refractivity contribution in [3.63, 3.8) is 0 Å². The molecule has 0 unspecified atom stereocenters. The number of likely N-dealkylation sites (N-methyl/N-ethyl adjacent to an activating group) is 1. The third kappa shape index (κ3) is 4.47. The lowest BCUT2D eigenvalue weighted by molar-refractivity contribution is -0.197. The predicted octanol–water partition coefficient (Wildman–Crippen LogP) is 0.699. The SMILES string of the molecule is COC1(OC)C[C@H](CO)N(C(=O)CN(C)C(=O)Oc2ccccc2)C1. The first-order valence-corrected chi connectivity index (χ1v) is 7.93. The van der Waals surface area contributed by atoms with Gasteiger partial charge in [-0.1, -0.05) is 18.2 Å². The number of carbonyl (C=O) groups excluding carboxylic acids is 2. The molecular formula is C17H24N2O6. The molecule has 2 amide bonds. The predicted molar refractivity (Wildman–Crippen MR) is 89.0 cm³/mol. The number of aliphatic hydroxyl groups is 1. The van der Waals surface area contributed by atoms with E-state index in [0.717, 1.165) is 0 Å². The molecule has 0 bridgehead atoms. The summed E-state index contributed by atoms with van der Waals surface area (Å²) in [6.45, 7) is -0.199. The second-order valence-electron chi connectivity index (χ2n) is 5.92. The topological polar surface area (TPSA) is 88.5 Å². The van der Waals surface area contributed by atoms with Gasteiger partial charge in [0.25, 0.3) is 0 Å². The largest absolute Gasteiger partial charge is 0.415 e. The molecule has 0 radical (unpaired) electrons. The Balaban J connectivity index is 1.97. The van der Waals surface area contributed by atoms with E-state index in [4.69, 9.17) is 14.2 Å².